The molecule has 3 unspecified atom stereocenters. The highest BCUT2D eigenvalue weighted by molar-refractivity contribution is 6.67. The minimum atomic E-state index is -1.06. The third-order valence-electron chi connectivity index (χ3n) is 24.9. The number of carbonyl (C=O) groups is 15. The van der Waals surface area contributed by atoms with E-state index >= 15 is 0 Å². The molecule has 5 aromatic carbocycles. The van der Waals surface area contributed by atoms with Crippen molar-refractivity contribution < 1.29 is 80.7 Å². The van der Waals surface area contributed by atoms with Crippen molar-refractivity contribution in [3.63, 3.8) is 0 Å². The number of piperidine rings is 3. The van der Waals surface area contributed by atoms with Crippen LogP contribution in [0.15, 0.2) is 176 Å². The Balaban J connectivity index is 0.000000142. The van der Waals surface area contributed by atoms with E-state index in [0.29, 0.717) is 48.9 Å². The van der Waals surface area contributed by atoms with Crippen LogP contribution in [0, 0.1) is 11.6 Å². The molecule has 38 nitrogen and oxygen atoms in total. The van der Waals surface area contributed by atoms with Crippen LogP contribution in [0.25, 0.3) is 34.1 Å². The first-order valence-electron chi connectivity index (χ1n) is 44.5. The van der Waals surface area contributed by atoms with Gasteiger partial charge in [-0.15, -0.1) is 45.8 Å². The number of fused-ring (bicyclic) bond motifs is 5. The van der Waals surface area contributed by atoms with E-state index in [9.17, 15) is 80.7 Å². The quantitative estimate of drug-likeness (QED) is 0.0194. The number of carbonyl (C=O) groups excluding carboxylic acids is 15. The average Bonchev–Trinajstić information content (AvgIpc) is 1.62. The van der Waals surface area contributed by atoms with Crippen molar-refractivity contribution in [3.05, 3.63) is 232 Å². The van der Waals surface area contributed by atoms with Crippen molar-refractivity contribution in [2.45, 2.75) is 94.4 Å². The molecule has 139 heavy (non-hydrogen) atoms. The van der Waals surface area contributed by atoms with Gasteiger partial charge >= 0.3 is 0 Å². The summed E-state index contributed by atoms with van der Waals surface area (Å²) >= 11 is 15.0. The highest BCUT2D eigenvalue weighted by Crippen LogP contribution is 2.40. The number of piperazine rings is 2. The van der Waals surface area contributed by atoms with Crippen molar-refractivity contribution in [2.75, 3.05) is 120 Å². The molecule has 10 aliphatic rings. The van der Waals surface area contributed by atoms with Gasteiger partial charge in [0, 0.05) is 102 Å². The first-order valence-corrected chi connectivity index (χ1v) is 45.9. The van der Waals surface area contributed by atoms with E-state index in [0.717, 1.165) is 142 Å². The second kappa shape index (κ2) is 42.3. The number of imidazole rings is 2. The molecule has 7 fully saturated rings. The molecular formula is C95H89Cl4F2N23O15. The van der Waals surface area contributed by atoms with Crippen LogP contribution in [0.3, 0.4) is 0 Å². The molecule has 0 saturated carbocycles. The number of hydrogen-bond donors (Lipinski definition) is 7. The normalized spacial score (nSPS) is 19.5. The maximum Gasteiger partial charge on any atom is 0.262 e. The summed E-state index contributed by atoms with van der Waals surface area (Å²) < 4.78 is 31.6. The van der Waals surface area contributed by atoms with Gasteiger partial charge < -0.3 is 41.3 Å². The summed E-state index contributed by atoms with van der Waals surface area (Å²) in [6.07, 6.45) is 8.02. The second-order valence-electron chi connectivity index (χ2n) is 33.7. The maximum absolute atomic E-state index is 14.1. The smallest absolute Gasteiger partial charge is 0.262 e. The van der Waals surface area contributed by atoms with Gasteiger partial charge in [0.25, 0.3) is 35.4 Å². The van der Waals surface area contributed by atoms with Gasteiger partial charge in [-0.05, 0) is 195 Å². The monoisotopic (exact) mass is 1970 g/mol. The molecule has 11 aromatic rings. The first kappa shape index (κ1) is 97.1. The molecule has 6 aromatic heterocycles. The average molecular weight is 1970 g/mol. The molecule has 44 heteroatoms. The molecular weight excluding hydrogens is 1880 g/mol. The fraction of sp³-hybridized carbons (Fsp3) is 0.295. The molecule has 8 N–H and O–H groups in total. The third-order valence-corrected chi connectivity index (χ3v) is 25.6. The van der Waals surface area contributed by atoms with Gasteiger partial charge in [0.1, 0.15) is 70.3 Å². The lowest BCUT2D eigenvalue weighted by atomic mass is 10.0. The van der Waals surface area contributed by atoms with Crippen molar-refractivity contribution >= 4 is 187 Å². The number of benzene rings is 5. The number of amides is 14. The molecule has 0 aliphatic carbocycles. The van der Waals surface area contributed by atoms with Gasteiger partial charge in [0.05, 0.1) is 81.7 Å². The number of halogens is 6. The molecule has 716 valence electrons. The van der Waals surface area contributed by atoms with Crippen LogP contribution < -0.4 is 57.2 Å². The largest absolute Gasteiger partial charge is 0.399 e. The van der Waals surface area contributed by atoms with Gasteiger partial charge in [-0.2, -0.15) is 0 Å². The Hall–Kier alpha value is -15.0. The lowest BCUT2D eigenvalue weighted by molar-refractivity contribution is -0.137. The molecule has 21 rings (SSSR count). The molecule has 10 aliphatic heterocycles. The van der Waals surface area contributed by atoms with E-state index in [1.807, 2.05) is 86.9 Å². The number of aromatic nitrogens is 8. The van der Waals surface area contributed by atoms with Crippen LogP contribution in [-0.4, -0.2) is 249 Å². The number of hydrogen-bond acceptors (Lipinski definition) is 28. The van der Waals surface area contributed by atoms with Crippen molar-refractivity contribution in [2.24, 2.45) is 0 Å². The predicted octanol–water partition coefficient (Wildman–Crippen LogP) is 8.46. The number of nitrogens with one attached hydrogen (secondary N) is 6. The summed E-state index contributed by atoms with van der Waals surface area (Å²) in [4.78, 5) is 212. The first-order chi connectivity index (χ1) is 66.6. The van der Waals surface area contributed by atoms with Gasteiger partial charge in [0.2, 0.25) is 52.5 Å². The number of pyridine rings is 2. The zero-order chi connectivity index (χ0) is 96.9. The Bertz CT molecular complexity index is 6800. The summed E-state index contributed by atoms with van der Waals surface area (Å²) in [5.74, 6) is -4.86. The van der Waals surface area contributed by atoms with E-state index < -0.39 is 100 Å². The Morgan fingerprint density at radius 3 is 1.22 bits per heavy atom. The number of imide groups is 6. The van der Waals surface area contributed by atoms with Crippen LogP contribution in [0.1, 0.15) is 150 Å². The van der Waals surface area contributed by atoms with E-state index in [4.69, 9.17) is 60.7 Å². The van der Waals surface area contributed by atoms with E-state index in [2.05, 4.69) is 67.5 Å². The molecule has 14 amide bonds. The zero-order valence-electron chi connectivity index (χ0n) is 74.0. The SMILES string of the molecule is Cl.Fc1cccc([C@H]2CCCN2c2ccc3ncc(-c4cccc(N5CCNCC5)n4)n3n2)c1.Nc1ccc2c(c1)C(=O)N(C1CCC(=O)NC1=O)C2=O.O=C(Cl)CCl.O=C1CCC(N2C(=O)c3ccc(NC(=O)CCl)cc3C2=O)C(=O)N1.O=C1CCC(N2C(=O)c3ccc(NC(=O)CN4CCN(c5cccc(-c6cnc7ccc(N8CCC[C@@H]8c8cccc(F)c8)nn67)n5)CC4)cc3C2=O)C(=O)N1. The topological polar surface area (TPSA) is 466 Å². The number of anilines is 7. The summed E-state index contributed by atoms with van der Waals surface area (Å²) in [5.41, 5.74) is 14.2. The summed E-state index contributed by atoms with van der Waals surface area (Å²) in [7, 11) is 0. The van der Waals surface area contributed by atoms with Gasteiger partial charge in [-0.3, -0.25) is 107 Å². The standard InChI is InChI=1S/C40H37FN10O5.C25H26FN7.C15H12ClN3O5.C13H11N3O4.C2H2Cl2O.ClH/c41-25-5-1-4-24(20-25)30-7-3-15-49(30)35-13-12-33-42-22-32(51(33)46-35)29-6-2-8-34(44-29)48-18-16-47(17-19-48)23-37(53)43-26-9-10-27-28(21-26)40(56)50(39(27)55)31-11-14-36(52)45-38(31)54;26-19-5-1-4-18(16-19)21-7-3-13-32(21)25-10-9-23-28-17-22(33(23)30-25)20-6-2-8-24(29-20)31-14-11-27-12-15-31;16-6-12(21)17-7-1-2-8-9(5-7)15(24)19(14(8)23)10-3-4-11(20)18-13(10)22;14-6-1-2-7-8(5-6)13(20)16(12(7)19)9-3-4-10(17)15-11(9)18;3-1-2(4)5;/h1-2,4-6,8-10,12-13,20-22,30-31H,3,7,11,14-19,23H2,(H,43,53)(H,45,52,54);1-2,4-6,8-10,16-17,21,27H,3,7,11-15H2;1-2,5,10H,3-4,6H2,(H,17,21)(H,18,20,22);1-2,5,9H,3-4,14H2,(H,15,17,18);1H2;1H/t30-,31?;21-;;;;/m11..../s1. The number of nitrogen functional groups attached to an aromatic ring is 1. The summed E-state index contributed by atoms with van der Waals surface area (Å²) in [6, 6.07) is 43.8. The van der Waals surface area contributed by atoms with Crippen molar-refractivity contribution in [3.8, 4) is 22.8 Å². The van der Waals surface area contributed by atoms with Gasteiger partial charge in [0.15, 0.2) is 11.3 Å². The second-order valence-corrected chi connectivity index (χ2v) is 34.6. The summed E-state index contributed by atoms with van der Waals surface area (Å²) in [5, 5.41) is 24.6. The van der Waals surface area contributed by atoms with Gasteiger partial charge in [-0.25, -0.2) is 37.7 Å². The Morgan fingerprint density at radius 2 is 0.813 bits per heavy atom. The van der Waals surface area contributed by atoms with Crippen LogP contribution in [0.4, 0.5) is 49.1 Å². The van der Waals surface area contributed by atoms with Crippen molar-refractivity contribution in [1.29, 1.82) is 0 Å². The Morgan fingerprint density at radius 1 is 0.417 bits per heavy atom. The van der Waals surface area contributed by atoms with Gasteiger partial charge in [-0.1, -0.05) is 36.4 Å². The Kier molecular flexibility index (Phi) is 29.6. The summed E-state index contributed by atoms with van der Waals surface area (Å²) in [6.45, 7) is 8.16. The molecule has 0 radical (unpaired) electrons. The fourth-order valence-electron chi connectivity index (χ4n) is 18.3. The maximum atomic E-state index is 14.1. The molecule has 16 heterocycles. The number of alkyl halides is 2. The molecule has 5 atom stereocenters. The lowest BCUT2D eigenvalue weighted by Crippen LogP contribution is -2.54. The highest BCUT2D eigenvalue weighted by atomic mass is 35.5. The van der Waals surface area contributed by atoms with Crippen molar-refractivity contribution in [1.82, 2.24) is 80.0 Å². The van der Waals surface area contributed by atoms with Crippen LogP contribution in [0.2, 0.25) is 0 Å². The number of nitrogens with zero attached hydrogens (tertiary/aromatic N) is 16. The minimum absolute atomic E-state index is 0. The fourth-order valence-corrected chi connectivity index (χ4v) is 18.3. The zero-order valence-corrected chi connectivity index (χ0v) is 77.1. The predicted molar refractivity (Wildman–Crippen MR) is 508 cm³/mol. The van der Waals surface area contributed by atoms with E-state index in [-0.39, 0.29) is 132 Å². The van der Waals surface area contributed by atoms with Crippen LogP contribution in [-0.2, 0) is 43.2 Å². The minimum Gasteiger partial charge on any atom is -0.399 e. The van der Waals surface area contributed by atoms with E-state index in [1.54, 1.807) is 36.5 Å². The van der Waals surface area contributed by atoms with Crippen LogP contribution in [0.5, 0.6) is 0 Å². The highest BCUT2D eigenvalue weighted by Gasteiger charge is 2.48. The van der Waals surface area contributed by atoms with Crippen LogP contribution >= 0.6 is 47.2 Å². The molecule has 7 saturated heterocycles. The third kappa shape index (κ3) is 21.0. The number of rotatable bonds is 17. The Labute approximate surface area is 812 Å². The van der Waals surface area contributed by atoms with E-state index in [1.165, 1.54) is 60.7 Å². The lowest BCUT2D eigenvalue weighted by Gasteiger charge is -2.35. The number of nitrogens with two attached hydrogens (primary N) is 1. The molecule has 0 spiro atoms. The molecule has 0 bridgehead atoms.